The van der Waals surface area contributed by atoms with Crippen molar-refractivity contribution in [1.29, 1.82) is 0 Å². The minimum Gasteiger partial charge on any atom is -0.309 e. The Kier molecular flexibility index (Phi) is 8.94. The van der Waals surface area contributed by atoms with Crippen molar-refractivity contribution < 1.29 is 0 Å². The molecule has 0 radical (unpaired) electrons. The van der Waals surface area contributed by atoms with Gasteiger partial charge in [-0.15, -0.1) is 0 Å². The summed E-state index contributed by atoms with van der Waals surface area (Å²) in [6, 6.07) is 74.0. The van der Waals surface area contributed by atoms with Crippen molar-refractivity contribution >= 4 is 33.9 Å². The van der Waals surface area contributed by atoms with Crippen LogP contribution in [0, 0.1) is 0 Å². The molecule has 9 aromatic rings. The highest BCUT2D eigenvalue weighted by atomic mass is 15.1. The van der Waals surface area contributed by atoms with Crippen LogP contribution >= 0.6 is 0 Å². The van der Waals surface area contributed by atoms with E-state index >= 15 is 0 Å². The standard InChI is InChI=1S/C60H47N/c1-40-15-14-23-54-58(38-48-20-10-11-22-51(48)59(40)54)61(57-24-13-12-21-50(57)46-31-29-44(30-32-46)42-18-8-5-9-19-42)49-34-36-53-52-35-33-47(37-55(52)60(2,3)56(53)39-49)45-27-25-43(26-28-45)41-16-6-4-7-17-41/h4-14,16-40H,15H2,1-3H3. The molecule has 1 unspecified atom stereocenters. The summed E-state index contributed by atoms with van der Waals surface area (Å²) < 4.78 is 0. The molecule has 0 aromatic heterocycles. The summed E-state index contributed by atoms with van der Waals surface area (Å²) in [5.41, 5.74) is 21.2. The molecule has 0 saturated carbocycles. The quantitative estimate of drug-likeness (QED) is 0.156. The largest absolute Gasteiger partial charge is 0.309 e. The summed E-state index contributed by atoms with van der Waals surface area (Å²) in [5.74, 6) is 0.407. The topological polar surface area (TPSA) is 3.24 Å². The smallest absolute Gasteiger partial charge is 0.0543 e. The predicted octanol–water partition coefficient (Wildman–Crippen LogP) is 16.8. The van der Waals surface area contributed by atoms with Crippen LogP contribution in [0.2, 0.25) is 0 Å². The maximum absolute atomic E-state index is 2.55. The van der Waals surface area contributed by atoms with Crippen molar-refractivity contribution in [3.8, 4) is 55.6 Å². The number of benzene rings is 9. The van der Waals surface area contributed by atoms with E-state index in [9.17, 15) is 0 Å². The van der Waals surface area contributed by atoms with Crippen molar-refractivity contribution in [1.82, 2.24) is 0 Å². The van der Waals surface area contributed by atoms with E-state index in [2.05, 4.69) is 238 Å². The van der Waals surface area contributed by atoms with E-state index in [1.165, 1.54) is 94.3 Å². The summed E-state index contributed by atoms with van der Waals surface area (Å²) >= 11 is 0. The van der Waals surface area contributed by atoms with E-state index < -0.39 is 0 Å². The third kappa shape index (κ3) is 6.32. The molecule has 0 spiro atoms. The molecule has 0 bridgehead atoms. The van der Waals surface area contributed by atoms with Crippen molar-refractivity contribution in [2.45, 2.75) is 38.5 Å². The molecule has 0 saturated heterocycles. The van der Waals surface area contributed by atoms with Crippen LogP contribution < -0.4 is 4.90 Å². The lowest BCUT2D eigenvalue weighted by Gasteiger charge is -2.33. The molecule has 292 valence electrons. The van der Waals surface area contributed by atoms with Crippen LogP contribution in [0.25, 0.3) is 72.5 Å². The van der Waals surface area contributed by atoms with Crippen LogP contribution in [-0.2, 0) is 5.41 Å². The first-order valence-electron chi connectivity index (χ1n) is 21.6. The van der Waals surface area contributed by atoms with Gasteiger partial charge in [0, 0.05) is 22.2 Å². The first-order chi connectivity index (χ1) is 29.9. The summed E-state index contributed by atoms with van der Waals surface area (Å²) in [5, 5.41) is 2.62. The van der Waals surface area contributed by atoms with E-state index in [1.807, 2.05) is 0 Å². The molecule has 0 N–H and O–H groups in total. The van der Waals surface area contributed by atoms with Gasteiger partial charge < -0.3 is 4.90 Å². The van der Waals surface area contributed by atoms with Gasteiger partial charge in [0.05, 0.1) is 11.4 Å². The molecule has 0 aliphatic heterocycles. The van der Waals surface area contributed by atoms with Gasteiger partial charge in [0.2, 0.25) is 0 Å². The normalized spacial score (nSPS) is 14.6. The fourth-order valence-electron chi connectivity index (χ4n) is 10.1. The maximum Gasteiger partial charge on any atom is 0.0543 e. The van der Waals surface area contributed by atoms with E-state index in [1.54, 1.807) is 0 Å². The van der Waals surface area contributed by atoms with Crippen LogP contribution in [0.5, 0.6) is 0 Å². The average Bonchev–Trinajstić information content (AvgIpc) is 3.54. The zero-order valence-electron chi connectivity index (χ0n) is 34.9. The number of hydrogen-bond acceptors (Lipinski definition) is 1. The molecule has 2 aliphatic carbocycles. The maximum atomic E-state index is 2.55. The summed E-state index contributed by atoms with van der Waals surface area (Å²) in [6.45, 7) is 7.18. The van der Waals surface area contributed by atoms with Gasteiger partial charge in [-0.05, 0) is 120 Å². The Balaban J connectivity index is 1.06. The van der Waals surface area contributed by atoms with Gasteiger partial charge in [0.1, 0.15) is 0 Å². The van der Waals surface area contributed by atoms with Gasteiger partial charge in [0.25, 0.3) is 0 Å². The van der Waals surface area contributed by atoms with E-state index in [4.69, 9.17) is 0 Å². The Morgan fingerprint density at radius 2 is 0.967 bits per heavy atom. The number of hydrogen-bond donors (Lipinski definition) is 0. The predicted molar refractivity (Wildman–Crippen MR) is 260 cm³/mol. The number of para-hydroxylation sites is 1. The number of nitrogens with zero attached hydrogens (tertiary/aromatic N) is 1. The summed E-state index contributed by atoms with van der Waals surface area (Å²) in [6.07, 6.45) is 5.78. The first kappa shape index (κ1) is 36.8. The van der Waals surface area contributed by atoms with Crippen LogP contribution in [-0.4, -0.2) is 0 Å². The fourth-order valence-corrected chi connectivity index (χ4v) is 10.1. The van der Waals surface area contributed by atoms with Crippen LogP contribution in [0.3, 0.4) is 0 Å². The number of allylic oxidation sites excluding steroid dienone is 1. The molecular formula is C60H47N. The number of rotatable bonds is 7. The Bertz CT molecular complexity index is 3120. The zero-order chi connectivity index (χ0) is 41.1. The van der Waals surface area contributed by atoms with Gasteiger partial charge in [-0.25, -0.2) is 0 Å². The number of anilines is 3. The highest BCUT2D eigenvalue weighted by Gasteiger charge is 2.37. The summed E-state index contributed by atoms with van der Waals surface area (Å²) in [7, 11) is 0. The zero-order valence-corrected chi connectivity index (χ0v) is 34.9. The molecule has 9 aromatic carbocycles. The van der Waals surface area contributed by atoms with Crippen LogP contribution in [0.15, 0.2) is 206 Å². The Morgan fingerprint density at radius 1 is 0.443 bits per heavy atom. The first-order valence-corrected chi connectivity index (χ1v) is 21.6. The van der Waals surface area contributed by atoms with E-state index in [0.717, 1.165) is 17.8 Å². The van der Waals surface area contributed by atoms with Gasteiger partial charge in [-0.3, -0.25) is 0 Å². The van der Waals surface area contributed by atoms with Crippen LogP contribution in [0.4, 0.5) is 17.1 Å². The summed E-state index contributed by atoms with van der Waals surface area (Å²) in [4.78, 5) is 2.55. The Hall–Kier alpha value is -7.22. The van der Waals surface area contributed by atoms with Gasteiger partial charge in [-0.2, -0.15) is 0 Å². The molecule has 11 rings (SSSR count). The lowest BCUT2D eigenvalue weighted by atomic mass is 9.81. The second kappa shape index (κ2) is 14.8. The molecule has 1 nitrogen and oxygen atoms in total. The lowest BCUT2D eigenvalue weighted by molar-refractivity contribution is 0.660. The minimum absolute atomic E-state index is 0.212. The lowest BCUT2D eigenvalue weighted by Crippen LogP contribution is -2.18. The average molecular weight is 782 g/mol. The van der Waals surface area contributed by atoms with Crippen molar-refractivity contribution in [3.05, 3.63) is 229 Å². The van der Waals surface area contributed by atoms with Crippen molar-refractivity contribution in [3.63, 3.8) is 0 Å². The van der Waals surface area contributed by atoms with Gasteiger partial charge in [-0.1, -0.05) is 203 Å². The molecule has 0 amide bonds. The highest BCUT2D eigenvalue weighted by molar-refractivity contribution is 6.00. The molecule has 1 heteroatoms. The van der Waals surface area contributed by atoms with Gasteiger partial charge in [0.15, 0.2) is 0 Å². The van der Waals surface area contributed by atoms with Crippen molar-refractivity contribution in [2.24, 2.45) is 0 Å². The Morgan fingerprint density at radius 3 is 1.66 bits per heavy atom. The van der Waals surface area contributed by atoms with E-state index in [-0.39, 0.29) is 5.41 Å². The van der Waals surface area contributed by atoms with Crippen LogP contribution in [0.1, 0.15) is 55.4 Å². The SMILES string of the molecule is CC1CC=Cc2c(N(c3ccc4c(c3)C(C)(C)c3cc(-c5ccc(-c6ccccc6)cc5)ccc3-4)c3ccccc3-c3ccc(-c4ccccc4)cc3)cc3ccccc3c21. The Labute approximate surface area is 359 Å². The molecule has 0 heterocycles. The molecule has 61 heavy (non-hydrogen) atoms. The molecule has 2 aliphatic rings. The highest BCUT2D eigenvalue weighted by Crippen LogP contribution is 2.53. The second-order valence-electron chi connectivity index (χ2n) is 17.3. The van der Waals surface area contributed by atoms with Gasteiger partial charge >= 0.3 is 0 Å². The molecule has 0 fully saturated rings. The van der Waals surface area contributed by atoms with Crippen molar-refractivity contribution in [2.75, 3.05) is 4.90 Å². The molecular weight excluding hydrogens is 735 g/mol. The fraction of sp³-hybridized carbons (Fsp3) is 0.100. The third-order valence-corrected chi connectivity index (χ3v) is 13.3. The monoisotopic (exact) mass is 781 g/mol. The number of fused-ring (bicyclic) bond motifs is 6. The third-order valence-electron chi connectivity index (χ3n) is 13.3. The second-order valence-corrected chi connectivity index (χ2v) is 17.3. The molecule has 1 atom stereocenters. The minimum atomic E-state index is -0.212. The van der Waals surface area contributed by atoms with E-state index in [0.29, 0.717) is 5.92 Å².